The van der Waals surface area contributed by atoms with Crippen LogP contribution in [0.1, 0.15) is 90.3 Å². The number of benzene rings is 1. The number of hydrogen-bond donors (Lipinski definition) is 4. The maximum Gasteiger partial charge on any atom is 0.223 e. The summed E-state index contributed by atoms with van der Waals surface area (Å²) in [5.74, 6) is 2.09. The van der Waals surface area contributed by atoms with Gasteiger partial charge in [0.2, 0.25) is 5.91 Å². The molecule has 246 valence electrons. The molecule has 0 radical (unpaired) electrons. The van der Waals surface area contributed by atoms with Crippen molar-refractivity contribution in [2.24, 2.45) is 11.8 Å². The highest BCUT2D eigenvalue weighted by Crippen LogP contribution is 2.31. The van der Waals surface area contributed by atoms with Crippen LogP contribution in [-0.4, -0.2) is 64.7 Å². The number of imidazole rings is 1. The lowest BCUT2D eigenvalue weighted by molar-refractivity contribution is -0.129. The summed E-state index contributed by atoms with van der Waals surface area (Å²) in [6.45, 7) is 6.45. The van der Waals surface area contributed by atoms with Gasteiger partial charge in [-0.2, -0.15) is 0 Å². The number of unbranched alkanes of at least 4 members (excludes halogenated alkanes) is 3. The zero-order chi connectivity index (χ0) is 32.2. The fraction of sp³-hybridized carbons (Fsp3) is 0.629. The second kappa shape index (κ2) is 17.4. The monoisotopic (exact) mass is 619 g/mol. The molecule has 1 amide bonds. The van der Waals surface area contributed by atoms with Gasteiger partial charge in [-0.1, -0.05) is 31.5 Å². The van der Waals surface area contributed by atoms with Gasteiger partial charge in [0.15, 0.2) is 5.82 Å². The van der Waals surface area contributed by atoms with Crippen molar-refractivity contribution < 1.29 is 14.4 Å². The molecule has 10 heteroatoms. The fourth-order valence-corrected chi connectivity index (χ4v) is 6.61. The molecular weight excluding hydrogens is 566 g/mol. The molecule has 2 heterocycles. The second-order valence-electron chi connectivity index (χ2n) is 12.6. The number of likely N-dealkylation sites (N-methyl/N-ethyl adjacent to an activating group) is 1. The van der Waals surface area contributed by atoms with Gasteiger partial charge >= 0.3 is 0 Å². The molecular formula is C35H53N7O3. The minimum Gasteiger partial charge on any atom is -0.382 e. The largest absolute Gasteiger partial charge is 0.382 e. The number of hydrogen-bond acceptors (Lipinski definition) is 8. The van der Waals surface area contributed by atoms with E-state index < -0.39 is 0 Å². The van der Waals surface area contributed by atoms with Crippen LogP contribution in [0, 0.1) is 11.8 Å². The van der Waals surface area contributed by atoms with E-state index in [1.807, 2.05) is 18.2 Å². The Morgan fingerprint density at radius 3 is 2.44 bits per heavy atom. The molecule has 1 unspecified atom stereocenters. The van der Waals surface area contributed by atoms with Crippen LogP contribution in [0.15, 0.2) is 24.3 Å². The Labute approximate surface area is 267 Å². The van der Waals surface area contributed by atoms with Crippen LogP contribution < -0.4 is 21.7 Å². The number of aryl methyl sites for hydroxylation is 2. The van der Waals surface area contributed by atoms with Gasteiger partial charge in [-0.15, -0.1) is 0 Å². The average Bonchev–Trinajstić information content (AvgIpc) is 3.42. The molecule has 0 aliphatic heterocycles. The average molecular weight is 620 g/mol. The van der Waals surface area contributed by atoms with Crippen molar-refractivity contribution in [3.8, 4) is 0 Å². The van der Waals surface area contributed by atoms with Crippen molar-refractivity contribution in [3.63, 3.8) is 0 Å². The number of nitrogens with two attached hydrogens (primary N) is 1. The van der Waals surface area contributed by atoms with Gasteiger partial charge < -0.3 is 26.3 Å². The Morgan fingerprint density at radius 1 is 0.978 bits per heavy atom. The first-order chi connectivity index (χ1) is 21.8. The molecule has 3 aromatic rings. The molecule has 10 nitrogen and oxygen atoms in total. The number of nitrogens with zero attached hydrogens (tertiary/aromatic N) is 3. The molecule has 1 aromatic carbocycles. The molecule has 4 rings (SSSR count). The summed E-state index contributed by atoms with van der Waals surface area (Å²) in [6, 6.07) is 8.01. The van der Waals surface area contributed by atoms with Gasteiger partial charge in [0.1, 0.15) is 22.9 Å². The first-order valence-electron chi connectivity index (χ1n) is 17.1. The lowest BCUT2D eigenvalue weighted by atomic mass is 9.79. The van der Waals surface area contributed by atoms with Crippen molar-refractivity contribution in [2.45, 2.75) is 103 Å². The SMILES string of the molecule is CCCCc1nc2c(N)nc3ccccc3c2n1CCCCNCC(=O)C1CCC(C(=O)NCCCCC(NC)C(C)=O)CC1. The third-order valence-electron chi connectivity index (χ3n) is 9.34. The van der Waals surface area contributed by atoms with E-state index in [9.17, 15) is 14.4 Å². The number of para-hydroxylation sites is 1. The number of Topliss-reactive ketones (excluding diaryl/α,β-unsaturated/α-hetero) is 2. The number of aromatic nitrogens is 3. The van der Waals surface area contributed by atoms with E-state index in [1.54, 1.807) is 14.0 Å². The van der Waals surface area contributed by atoms with Crippen molar-refractivity contribution in [3.05, 3.63) is 30.1 Å². The number of pyridine rings is 1. The van der Waals surface area contributed by atoms with Gasteiger partial charge in [0.25, 0.3) is 0 Å². The van der Waals surface area contributed by atoms with Gasteiger partial charge in [-0.05, 0) is 90.8 Å². The zero-order valence-electron chi connectivity index (χ0n) is 27.5. The highest BCUT2D eigenvalue weighted by atomic mass is 16.2. The van der Waals surface area contributed by atoms with E-state index in [2.05, 4.69) is 38.5 Å². The van der Waals surface area contributed by atoms with E-state index in [4.69, 9.17) is 10.7 Å². The first-order valence-corrected chi connectivity index (χ1v) is 17.1. The summed E-state index contributed by atoms with van der Waals surface area (Å²) in [4.78, 5) is 46.5. The number of carbonyl (C=O) groups is 3. The molecule has 2 aromatic heterocycles. The van der Waals surface area contributed by atoms with Crippen molar-refractivity contribution in [1.82, 2.24) is 30.5 Å². The Kier molecular flexibility index (Phi) is 13.3. The molecule has 45 heavy (non-hydrogen) atoms. The predicted octanol–water partition coefficient (Wildman–Crippen LogP) is 4.72. The van der Waals surface area contributed by atoms with Crippen LogP contribution in [0.4, 0.5) is 5.82 Å². The van der Waals surface area contributed by atoms with Crippen molar-refractivity contribution in [1.29, 1.82) is 0 Å². The Hall–Kier alpha value is -3.37. The Balaban J connectivity index is 1.16. The summed E-state index contributed by atoms with van der Waals surface area (Å²) in [6.07, 6.45) is 10.6. The first kappa shape index (κ1) is 34.5. The van der Waals surface area contributed by atoms with Gasteiger partial charge in [-0.25, -0.2) is 9.97 Å². The number of amides is 1. The van der Waals surface area contributed by atoms with Crippen molar-refractivity contribution in [2.75, 3.05) is 32.4 Å². The fourth-order valence-electron chi connectivity index (χ4n) is 6.61. The third-order valence-corrected chi connectivity index (χ3v) is 9.34. The lowest BCUT2D eigenvalue weighted by Gasteiger charge is -2.27. The standard InChI is InChI=1S/C35H53N7O3/c1-4-5-15-31-41-32-33(27-12-6-7-14-29(27)40-34(32)36)42(31)22-11-10-20-38-23-30(44)25-16-18-26(19-17-25)35(45)39-21-9-8-13-28(37-3)24(2)43/h6-7,12,14,25-26,28,37-38H,4-5,8-11,13,15-23H2,1-3H3,(H2,36,40)(H,39,45). The number of fused-ring (bicyclic) bond motifs is 3. The normalized spacial score (nSPS) is 17.5. The summed E-state index contributed by atoms with van der Waals surface area (Å²) >= 11 is 0. The molecule has 1 saturated carbocycles. The smallest absolute Gasteiger partial charge is 0.223 e. The van der Waals surface area contributed by atoms with E-state index in [0.717, 1.165) is 118 Å². The molecule has 0 saturated heterocycles. The minimum absolute atomic E-state index is 0.00554. The molecule has 0 bridgehead atoms. The topological polar surface area (TPSA) is 144 Å². The maximum absolute atomic E-state index is 12.9. The van der Waals surface area contributed by atoms with Crippen LogP contribution in [0.2, 0.25) is 0 Å². The van der Waals surface area contributed by atoms with Crippen LogP contribution in [0.5, 0.6) is 0 Å². The highest BCUT2D eigenvalue weighted by Gasteiger charge is 2.29. The molecule has 1 fully saturated rings. The molecule has 0 spiro atoms. The molecule has 1 aliphatic rings. The minimum atomic E-state index is -0.103. The highest BCUT2D eigenvalue weighted by molar-refractivity contribution is 6.06. The summed E-state index contributed by atoms with van der Waals surface area (Å²) in [5.41, 5.74) is 9.08. The Morgan fingerprint density at radius 2 is 1.71 bits per heavy atom. The predicted molar refractivity (Wildman–Crippen MR) is 181 cm³/mol. The third kappa shape index (κ3) is 9.33. The number of nitrogens with one attached hydrogen (secondary N) is 3. The number of carbonyl (C=O) groups excluding carboxylic acids is 3. The molecule has 5 N–H and O–H groups in total. The summed E-state index contributed by atoms with van der Waals surface area (Å²) in [7, 11) is 1.80. The number of rotatable bonds is 19. The number of anilines is 1. The number of ketones is 2. The zero-order valence-corrected chi connectivity index (χ0v) is 27.5. The van der Waals surface area contributed by atoms with Crippen LogP contribution in [-0.2, 0) is 27.3 Å². The van der Waals surface area contributed by atoms with Gasteiger partial charge in [-0.3, -0.25) is 14.4 Å². The number of nitrogen functional groups attached to an aromatic ring is 1. The summed E-state index contributed by atoms with van der Waals surface area (Å²) in [5, 5.41) is 10.5. The van der Waals surface area contributed by atoms with Crippen LogP contribution in [0.3, 0.4) is 0 Å². The maximum atomic E-state index is 12.9. The van der Waals surface area contributed by atoms with E-state index in [-0.39, 0.29) is 35.4 Å². The van der Waals surface area contributed by atoms with Crippen LogP contribution >= 0.6 is 0 Å². The van der Waals surface area contributed by atoms with Crippen molar-refractivity contribution >= 4 is 45.2 Å². The van der Waals surface area contributed by atoms with Crippen LogP contribution in [0.25, 0.3) is 21.9 Å². The lowest BCUT2D eigenvalue weighted by Crippen LogP contribution is -2.37. The van der Waals surface area contributed by atoms with Gasteiger partial charge in [0.05, 0.1) is 23.6 Å². The van der Waals surface area contributed by atoms with E-state index in [0.29, 0.717) is 18.9 Å². The van der Waals surface area contributed by atoms with E-state index >= 15 is 0 Å². The Bertz CT molecular complexity index is 1430. The molecule has 1 aliphatic carbocycles. The summed E-state index contributed by atoms with van der Waals surface area (Å²) < 4.78 is 2.33. The van der Waals surface area contributed by atoms with Gasteiger partial charge in [0, 0.05) is 36.7 Å². The van der Waals surface area contributed by atoms with E-state index in [1.165, 1.54) is 0 Å². The quantitative estimate of drug-likeness (QED) is 0.141. The second-order valence-corrected chi connectivity index (χ2v) is 12.6. The molecule has 1 atom stereocenters.